The highest BCUT2D eigenvalue weighted by atomic mass is 16.5. The molecule has 1 saturated heterocycles. The van der Waals surface area contributed by atoms with Crippen molar-refractivity contribution in [1.29, 1.82) is 0 Å². The summed E-state index contributed by atoms with van der Waals surface area (Å²) in [5.74, 6) is 4.49. The van der Waals surface area contributed by atoms with Gasteiger partial charge in [0.1, 0.15) is 6.61 Å². The molecule has 7 atom stereocenters. The summed E-state index contributed by atoms with van der Waals surface area (Å²) in [7, 11) is 0. The van der Waals surface area contributed by atoms with Crippen molar-refractivity contribution in [1.82, 2.24) is 0 Å². The zero-order valence-electron chi connectivity index (χ0n) is 9.58. The smallest absolute Gasteiger partial charge is 0.164 e. The van der Waals surface area contributed by atoms with Crippen LogP contribution in [0.4, 0.5) is 0 Å². The van der Waals surface area contributed by atoms with Crippen molar-refractivity contribution in [2.45, 2.75) is 45.1 Å². The van der Waals surface area contributed by atoms with Crippen LogP contribution in [0.3, 0.4) is 0 Å². The Kier molecular flexibility index (Phi) is 1.10. The SMILES string of the molecule is CC12CCCC13C1CC1C3[C@H]1CC[OH+]C12. The Bertz CT molecular complexity index is 351. The lowest BCUT2D eigenvalue weighted by molar-refractivity contribution is -0.146. The Morgan fingerprint density at radius 3 is 3.07 bits per heavy atom. The quantitative estimate of drug-likeness (QED) is 0.539. The first-order valence-electron chi connectivity index (χ1n) is 6.96. The molecule has 6 unspecified atom stereocenters. The maximum atomic E-state index is 5.00. The second-order valence-electron chi connectivity index (χ2n) is 7.15. The third-order valence-electron chi connectivity index (χ3n) is 7.22. The van der Waals surface area contributed by atoms with Gasteiger partial charge in [0.2, 0.25) is 0 Å². The predicted molar refractivity (Wildman–Crippen MR) is 58.5 cm³/mol. The summed E-state index contributed by atoms with van der Waals surface area (Å²) in [6, 6.07) is 0. The summed E-state index contributed by atoms with van der Waals surface area (Å²) < 4.78 is 5.00. The Balaban J connectivity index is 1.72. The molecule has 1 aliphatic heterocycles. The molecule has 5 fully saturated rings. The van der Waals surface area contributed by atoms with Crippen molar-refractivity contribution in [3.8, 4) is 0 Å². The summed E-state index contributed by atoms with van der Waals surface area (Å²) in [6.07, 6.45) is 8.40. The van der Waals surface area contributed by atoms with Crippen LogP contribution in [-0.4, -0.2) is 17.4 Å². The predicted octanol–water partition coefficient (Wildman–Crippen LogP) is 2.36. The van der Waals surface area contributed by atoms with E-state index in [9.17, 15) is 0 Å². The van der Waals surface area contributed by atoms with Gasteiger partial charge >= 0.3 is 0 Å². The van der Waals surface area contributed by atoms with Crippen LogP contribution in [0.5, 0.6) is 0 Å². The van der Waals surface area contributed by atoms with E-state index in [1.807, 2.05) is 0 Å². The van der Waals surface area contributed by atoms with E-state index in [-0.39, 0.29) is 0 Å². The minimum Gasteiger partial charge on any atom is -0.431 e. The van der Waals surface area contributed by atoms with Gasteiger partial charge in [-0.15, -0.1) is 0 Å². The van der Waals surface area contributed by atoms with Crippen molar-refractivity contribution in [2.24, 2.45) is 34.5 Å². The first-order chi connectivity index (χ1) is 7.29. The highest BCUT2D eigenvalue weighted by molar-refractivity contribution is 5.32. The van der Waals surface area contributed by atoms with Crippen LogP contribution in [0.2, 0.25) is 0 Å². The van der Waals surface area contributed by atoms with Gasteiger partial charge in [-0.2, -0.15) is 0 Å². The molecule has 1 heterocycles. The molecule has 0 radical (unpaired) electrons. The van der Waals surface area contributed by atoms with Crippen LogP contribution < -0.4 is 0 Å². The molecular formula is C14H21O+. The second-order valence-corrected chi connectivity index (χ2v) is 7.15. The van der Waals surface area contributed by atoms with Gasteiger partial charge in [0.25, 0.3) is 0 Å². The lowest BCUT2D eigenvalue weighted by Gasteiger charge is -2.50. The molecule has 0 bridgehead atoms. The number of aliphatic hydroxyl groups is 2. The molecule has 0 amide bonds. The van der Waals surface area contributed by atoms with Gasteiger partial charge in [0, 0.05) is 17.8 Å². The molecule has 1 spiro atoms. The lowest BCUT2D eigenvalue weighted by atomic mass is 9.53. The first kappa shape index (κ1) is 8.11. The Morgan fingerprint density at radius 2 is 2.13 bits per heavy atom. The molecule has 5 aliphatic rings. The lowest BCUT2D eigenvalue weighted by Crippen LogP contribution is -2.48. The molecule has 1 nitrogen and oxygen atoms in total. The van der Waals surface area contributed by atoms with Gasteiger partial charge < -0.3 is 4.74 Å². The summed E-state index contributed by atoms with van der Waals surface area (Å²) in [4.78, 5) is 0. The number of hydrogen-bond acceptors (Lipinski definition) is 0. The van der Waals surface area contributed by atoms with Crippen molar-refractivity contribution in [3.63, 3.8) is 0 Å². The van der Waals surface area contributed by atoms with E-state index in [2.05, 4.69) is 6.92 Å². The average molecular weight is 205 g/mol. The van der Waals surface area contributed by atoms with Gasteiger partial charge in [-0.25, -0.2) is 0 Å². The topological polar surface area (TPSA) is 12.8 Å². The summed E-state index contributed by atoms with van der Waals surface area (Å²) in [5.41, 5.74) is 1.47. The molecule has 1 N–H and O–H groups in total. The summed E-state index contributed by atoms with van der Waals surface area (Å²) in [6.45, 7) is 3.80. The average Bonchev–Trinajstić information content (AvgIpc) is 2.59. The van der Waals surface area contributed by atoms with Crippen molar-refractivity contribution in [2.75, 3.05) is 6.61 Å². The van der Waals surface area contributed by atoms with Crippen molar-refractivity contribution in [3.05, 3.63) is 0 Å². The van der Waals surface area contributed by atoms with Crippen LogP contribution in [0, 0.1) is 34.5 Å². The van der Waals surface area contributed by atoms with Gasteiger partial charge in [0.15, 0.2) is 6.10 Å². The summed E-state index contributed by atoms with van der Waals surface area (Å²) >= 11 is 0. The molecule has 0 aromatic heterocycles. The fourth-order valence-electron chi connectivity index (χ4n) is 6.97. The molecule has 15 heavy (non-hydrogen) atoms. The Morgan fingerprint density at radius 1 is 1.20 bits per heavy atom. The fraction of sp³-hybridized carbons (Fsp3) is 1.00. The molecular weight excluding hydrogens is 184 g/mol. The molecule has 82 valence electrons. The molecule has 0 aromatic rings. The maximum absolute atomic E-state index is 5.00. The minimum absolute atomic E-state index is 0.649. The first-order valence-corrected chi connectivity index (χ1v) is 6.96. The Hall–Kier alpha value is -0.0400. The second kappa shape index (κ2) is 2.03. The van der Waals surface area contributed by atoms with E-state index in [1.54, 1.807) is 12.8 Å². The zero-order chi connectivity index (χ0) is 9.84. The van der Waals surface area contributed by atoms with Crippen molar-refractivity contribution >= 4 is 0 Å². The van der Waals surface area contributed by atoms with Gasteiger partial charge in [-0.1, -0.05) is 13.3 Å². The number of hydrogen-bond donors (Lipinski definition) is 0. The maximum Gasteiger partial charge on any atom is 0.164 e. The number of fused-ring (bicyclic) bond motifs is 5. The van der Waals surface area contributed by atoms with E-state index >= 15 is 0 Å². The minimum atomic E-state index is 0.649. The number of rotatable bonds is 0. The standard InChI is InChI=1S/C14H20O/c1-13-4-2-5-14(13)10-7-9(10)11(14)8-3-6-15-12(8)13/h8-12H,2-7H2,1H3/p+1/t8-,9?,10?,11?,12?,13?,14?/m1/s1. The van der Waals surface area contributed by atoms with Gasteiger partial charge in [-0.05, 0) is 42.4 Å². The van der Waals surface area contributed by atoms with Crippen LogP contribution in [0.15, 0.2) is 0 Å². The molecule has 4 saturated carbocycles. The zero-order valence-corrected chi connectivity index (χ0v) is 9.58. The van der Waals surface area contributed by atoms with E-state index in [4.69, 9.17) is 4.74 Å². The number of ether oxygens (including phenoxy) is 1. The van der Waals surface area contributed by atoms with Crippen LogP contribution in [0.1, 0.15) is 39.0 Å². The fourth-order valence-corrected chi connectivity index (χ4v) is 6.97. The van der Waals surface area contributed by atoms with E-state index in [0.717, 1.165) is 29.3 Å². The van der Waals surface area contributed by atoms with Crippen LogP contribution in [-0.2, 0) is 0 Å². The monoisotopic (exact) mass is 205 g/mol. The van der Waals surface area contributed by atoms with E-state index in [0.29, 0.717) is 5.41 Å². The van der Waals surface area contributed by atoms with Crippen LogP contribution in [0.25, 0.3) is 0 Å². The van der Waals surface area contributed by atoms with E-state index in [1.165, 1.54) is 31.8 Å². The highest BCUT2D eigenvalue weighted by Crippen LogP contribution is 2.88. The van der Waals surface area contributed by atoms with Crippen LogP contribution >= 0.6 is 0 Å². The third kappa shape index (κ3) is 0.574. The Labute approximate surface area is 91.6 Å². The molecule has 0 aromatic carbocycles. The normalized spacial score (nSPS) is 73.0. The summed E-state index contributed by atoms with van der Waals surface area (Å²) in [5, 5.41) is 0. The molecule has 5 rings (SSSR count). The third-order valence-corrected chi connectivity index (χ3v) is 7.22. The van der Waals surface area contributed by atoms with Crippen molar-refractivity contribution < 1.29 is 4.74 Å². The van der Waals surface area contributed by atoms with Gasteiger partial charge in [-0.3, -0.25) is 0 Å². The largest absolute Gasteiger partial charge is 0.431 e. The highest BCUT2D eigenvalue weighted by Gasteiger charge is 2.86. The molecule has 4 aliphatic carbocycles. The molecule has 1 heteroatoms. The van der Waals surface area contributed by atoms with Gasteiger partial charge in [0.05, 0.1) is 0 Å². The van der Waals surface area contributed by atoms with E-state index < -0.39 is 0 Å².